The summed E-state index contributed by atoms with van der Waals surface area (Å²) >= 11 is 3.40. The van der Waals surface area contributed by atoms with Gasteiger partial charge in [-0.2, -0.15) is 0 Å². The zero-order chi connectivity index (χ0) is 5.98. The SMILES string of the molecule is CN1C=CC=C(Br)C1. The molecule has 1 aliphatic rings. The molecule has 0 aromatic carbocycles. The van der Waals surface area contributed by atoms with Gasteiger partial charge in [0.2, 0.25) is 0 Å². The number of hydrogen-bond donors (Lipinski definition) is 0. The van der Waals surface area contributed by atoms with Crippen molar-refractivity contribution in [2.24, 2.45) is 0 Å². The average molecular weight is 174 g/mol. The van der Waals surface area contributed by atoms with Crippen LogP contribution in [-0.2, 0) is 0 Å². The maximum atomic E-state index is 3.40. The molecule has 0 aromatic rings. The third-order valence-electron chi connectivity index (χ3n) is 1.02. The first-order valence-corrected chi connectivity index (χ1v) is 3.31. The van der Waals surface area contributed by atoms with E-state index in [1.165, 1.54) is 4.48 Å². The fraction of sp³-hybridized carbons (Fsp3) is 0.333. The van der Waals surface area contributed by atoms with Crippen LogP contribution in [0.3, 0.4) is 0 Å². The summed E-state index contributed by atoms with van der Waals surface area (Å²) in [7, 11) is 2.05. The van der Waals surface area contributed by atoms with Crippen LogP contribution in [0.25, 0.3) is 0 Å². The molecule has 1 rings (SSSR count). The molecule has 2 heteroatoms. The number of rotatable bonds is 0. The van der Waals surface area contributed by atoms with Crippen molar-refractivity contribution in [1.82, 2.24) is 4.90 Å². The Morgan fingerprint density at radius 3 is 2.88 bits per heavy atom. The standard InChI is InChI=1S/C6H8BrN/c1-8-4-2-3-6(7)5-8/h2-4H,5H2,1H3. The van der Waals surface area contributed by atoms with Gasteiger partial charge in [0.15, 0.2) is 0 Å². The number of nitrogens with zero attached hydrogens (tertiary/aromatic N) is 1. The Labute approximate surface area is 57.8 Å². The average Bonchev–Trinajstić information content (AvgIpc) is 1.64. The van der Waals surface area contributed by atoms with Gasteiger partial charge in [-0.15, -0.1) is 0 Å². The Morgan fingerprint density at radius 1 is 1.75 bits per heavy atom. The van der Waals surface area contributed by atoms with Gasteiger partial charge in [-0.25, -0.2) is 0 Å². The lowest BCUT2D eigenvalue weighted by molar-refractivity contribution is 0.502. The van der Waals surface area contributed by atoms with E-state index in [9.17, 15) is 0 Å². The Balaban J connectivity index is 2.59. The van der Waals surface area contributed by atoms with E-state index in [1.54, 1.807) is 0 Å². The van der Waals surface area contributed by atoms with Crippen LogP contribution in [0.15, 0.2) is 22.8 Å². The first-order valence-electron chi connectivity index (χ1n) is 2.52. The van der Waals surface area contributed by atoms with E-state index in [1.807, 2.05) is 19.3 Å². The number of hydrogen-bond acceptors (Lipinski definition) is 1. The van der Waals surface area contributed by atoms with Crippen LogP contribution in [-0.4, -0.2) is 18.5 Å². The molecule has 0 spiro atoms. The summed E-state index contributed by atoms with van der Waals surface area (Å²) in [5.41, 5.74) is 0. The van der Waals surface area contributed by atoms with Crippen LogP contribution < -0.4 is 0 Å². The Hall–Kier alpha value is -0.240. The minimum absolute atomic E-state index is 0.997. The minimum atomic E-state index is 0.997. The summed E-state index contributed by atoms with van der Waals surface area (Å²) < 4.78 is 1.24. The zero-order valence-corrected chi connectivity index (χ0v) is 6.35. The zero-order valence-electron chi connectivity index (χ0n) is 4.76. The molecule has 0 aromatic heterocycles. The monoisotopic (exact) mass is 173 g/mol. The Kier molecular flexibility index (Phi) is 1.73. The second-order valence-electron chi connectivity index (χ2n) is 1.87. The van der Waals surface area contributed by atoms with E-state index in [0.717, 1.165) is 6.54 Å². The summed E-state index contributed by atoms with van der Waals surface area (Å²) in [4.78, 5) is 2.12. The lowest BCUT2D eigenvalue weighted by Gasteiger charge is -2.15. The summed E-state index contributed by atoms with van der Waals surface area (Å²) in [5, 5.41) is 0. The van der Waals surface area contributed by atoms with Crippen LogP contribution >= 0.6 is 15.9 Å². The van der Waals surface area contributed by atoms with E-state index in [4.69, 9.17) is 0 Å². The number of likely N-dealkylation sites (N-methyl/N-ethyl adjacent to an activating group) is 1. The van der Waals surface area contributed by atoms with Crippen molar-refractivity contribution in [2.45, 2.75) is 0 Å². The molecular formula is C6H8BrN. The molecule has 0 saturated heterocycles. The lowest BCUT2D eigenvalue weighted by Crippen LogP contribution is -2.13. The molecule has 1 heterocycles. The fourth-order valence-corrected chi connectivity index (χ4v) is 1.19. The van der Waals surface area contributed by atoms with Crippen LogP contribution in [0.5, 0.6) is 0 Å². The van der Waals surface area contributed by atoms with E-state index in [-0.39, 0.29) is 0 Å². The molecule has 0 amide bonds. The van der Waals surface area contributed by atoms with Gasteiger partial charge in [0, 0.05) is 18.1 Å². The molecule has 0 aliphatic carbocycles. The summed E-state index contributed by atoms with van der Waals surface area (Å²) in [6.07, 6.45) is 6.12. The maximum Gasteiger partial charge on any atom is 0.0486 e. The molecule has 0 saturated carbocycles. The van der Waals surface area contributed by atoms with Crippen molar-refractivity contribution in [1.29, 1.82) is 0 Å². The molecule has 8 heavy (non-hydrogen) atoms. The van der Waals surface area contributed by atoms with Crippen molar-refractivity contribution < 1.29 is 0 Å². The number of allylic oxidation sites excluding steroid dienone is 2. The summed E-state index contributed by atoms with van der Waals surface area (Å²) in [5.74, 6) is 0. The summed E-state index contributed by atoms with van der Waals surface area (Å²) in [6, 6.07) is 0. The van der Waals surface area contributed by atoms with Gasteiger partial charge in [0.25, 0.3) is 0 Å². The Morgan fingerprint density at radius 2 is 2.50 bits per heavy atom. The third-order valence-corrected chi connectivity index (χ3v) is 1.53. The van der Waals surface area contributed by atoms with Gasteiger partial charge in [-0.3, -0.25) is 0 Å². The maximum absolute atomic E-state index is 3.40. The fourth-order valence-electron chi connectivity index (χ4n) is 0.638. The van der Waals surface area contributed by atoms with Gasteiger partial charge in [0.1, 0.15) is 0 Å². The van der Waals surface area contributed by atoms with Crippen molar-refractivity contribution in [3.05, 3.63) is 22.8 Å². The molecular weight excluding hydrogens is 166 g/mol. The van der Waals surface area contributed by atoms with Crippen molar-refractivity contribution in [2.75, 3.05) is 13.6 Å². The minimum Gasteiger partial charge on any atom is -0.376 e. The lowest BCUT2D eigenvalue weighted by atomic mass is 10.4. The van der Waals surface area contributed by atoms with Gasteiger partial charge in [0.05, 0.1) is 0 Å². The smallest absolute Gasteiger partial charge is 0.0486 e. The molecule has 0 fully saturated rings. The second-order valence-corrected chi connectivity index (χ2v) is 2.89. The highest BCUT2D eigenvalue weighted by atomic mass is 79.9. The first-order chi connectivity index (χ1) is 3.79. The quantitative estimate of drug-likeness (QED) is 0.540. The van der Waals surface area contributed by atoms with E-state index < -0.39 is 0 Å². The molecule has 1 nitrogen and oxygen atoms in total. The Bertz CT molecular complexity index is 137. The van der Waals surface area contributed by atoms with E-state index in [2.05, 4.69) is 26.9 Å². The predicted octanol–water partition coefficient (Wildman–Crippen LogP) is 1.72. The van der Waals surface area contributed by atoms with E-state index in [0.29, 0.717) is 0 Å². The molecule has 0 radical (unpaired) electrons. The normalized spacial score (nSPS) is 18.8. The van der Waals surface area contributed by atoms with E-state index >= 15 is 0 Å². The molecule has 1 aliphatic heterocycles. The second kappa shape index (κ2) is 2.35. The highest BCUT2D eigenvalue weighted by molar-refractivity contribution is 9.11. The van der Waals surface area contributed by atoms with Crippen molar-refractivity contribution in [3.8, 4) is 0 Å². The molecule has 0 bridgehead atoms. The molecule has 0 atom stereocenters. The van der Waals surface area contributed by atoms with Gasteiger partial charge < -0.3 is 4.90 Å². The van der Waals surface area contributed by atoms with Crippen LogP contribution in [0.1, 0.15) is 0 Å². The topological polar surface area (TPSA) is 3.24 Å². The van der Waals surface area contributed by atoms with Gasteiger partial charge in [-0.05, 0) is 18.4 Å². The third kappa shape index (κ3) is 1.37. The predicted molar refractivity (Wildman–Crippen MR) is 38.8 cm³/mol. The molecule has 0 N–H and O–H groups in total. The van der Waals surface area contributed by atoms with Gasteiger partial charge in [-0.1, -0.05) is 15.9 Å². The van der Waals surface area contributed by atoms with Crippen LogP contribution in [0.2, 0.25) is 0 Å². The molecule has 44 valence electrons. The number of halogens is 1. The first kappa shape index (κ1) is 5.89. The highest BCUT2D eigenvalue weighted by Crippen LogP contribution is 2.10. The van der Waals surface area contributed by atoms with Gasteiger partial charge >= 0.3 is 0 Å². The van der Waals surface area contributed by atoms with Crippen molar-refractivity contribution >= 4 is 15.9 Å². The van der Waals surface area contributed by atoms with Crippen LogP contribution in [0, 0.1) is 0 Å². The highest BCUT2D eigenvalue weighted by Gasteiger charge is 1.96. The molecule has 0 unspecified atom stereocenters. The van der Waals surface area contributed by atoms with Crippen LogP contribution in [0.4, 0.5) is 0 Å². The van der Waals surface area contributed by atoms with Crippen molar-refractivity contribution in [3.63, 3.8) is 0 Å². The summed E-state index contributed by atoms with van der Waals surface area (Å²) in [6.45, 7) is 0.997. The largest absolute Gasteiger partial charge is 0.376 e.